The summed E-state index contributed by atoms with van der Waals surface area (Å²) in [4.78, 5) is 13.8. The van der Waals surface area contributed by atoms with E-state index in [1.165, 1.54) is 0 Å². The minimum Gasteiger partial charge on any atom is -0.337 e. The first-order valence-electron chi connectivity index (χ1n) is 5.26. The van der Waals surface area contributed by atoms with Gasteiger partial charge in [0.2, 0.25) is 0 Å². The van der Waals surface area contributed by atoms with Crippen LogP contribution in [0.5, 0.6) is 0 Å². The normalized spacial score (nSPS) is 21.7. The summed E-state index contributed by atoms with van der Waals surface area (Å²) in [6, 6.07) is 0.426. The van der Waals surface area contributed by atoms with E-state index in [4.69, 9.17) is 0 Å². The van der Waals surface area contributed by atoms with E-state index in [0.717, 1.165) is 25.9 Å². The number of H-pyrrole nitrogens is 1. The molecule has 1 unspecified atom stereocenters. The zero-order chi connectivity index (χ0) is 10.7. The highest BCUT2D eigenvalue weighted by Crippen LogP contribution is 2.12. The number of hydrogen-bond donors (Lipinski definition) is 2. The standard InChI is InChI=1S/C10H16N4O/c1-11-9-3-2-4-14(7-9)10(15)8-5-12-13-6-8/h5-6,9,11H,2-4,7H2,1H3,(H,12,13). The van der Waals surface area contributed by atoms with E-state index in [-0.39, 0.29) is 5.91 Å². The predicted octanol–water partition coefficient (Wildman–Crippen LogP) is 0.234. The molecule has 82 valence electrons. The Labute approximate surface area is 88.8 Å². The molecule has 0 saturated carbocycles. The van der Waals surface area contributed by atoms with Crippen LogP contribution in [-0.2, 0) is 0 Å². The second kappa shape index (κ2) is 4.44. The molecule has 5 heteroatoms. The van der Waals surface area contributed by atoms with Crippen molar-refractivity contribution in [2.45, 2.75) is 18.9 Å². The number of nitrogens with one attached hydrogen (secondary N) is 2. The monoisotopic (exact) mass is 208 g/mol. The Morgan fingerprint density at radius 3 is 3.27 bits per heavy atom. The van der Waals surface area contributed by atoms with Gasteiger partial charge in [-0.25, -0.2) is 0 Å². The van der Waals surface area contributed by atoms with Crippen molar-refractivity contribution in [2.24, 2.45) is 0 Å². The molecule has 0 spiro atoms. The zero-order valence-electron chi connectivity index (χ0n) is 8.86. The van der Waals surface area contributed by atoms with Crippen molar-refractivity contribution in [3.63, 3.8) is 0 Å². The maximum Gasteiger partial charge on any atom is 0.257 e. The van der Waals surface area contributed by atoms with E-state index in [1.54, 1.807) is 12.4 Å². The van der Waals surface area contributed by atoms with Crippen LogP contribution in [-0.4, -0.2) is 47.2 Å². The highest BCUT2D eigenvalue weighted by molar-refractivity contribution is 5.93. The lowest BCUT2D eigenvalue weighted by Gasteiger charge is -2.32. The minimum absolute atomic E-state index is 0.0729. The Kier molecular flexibility index (Phi) is 3.01. The fourth-order valence-electron chi connectivity index (χ4n) is 1.95. The smallest absolute Gasteiger partial charge is 0.257 e. The summed E-state index contributed by atoms with van der Waals surface area (Å²) < 4.78 is 0. The van der Waals surface area contributed by atoms with Crippen LogP contribution in [0, 0.1) is 0 Å². The van der Waals surface area contributed by atoms with Gasteiger partial charge in [0.25, 0.3) is 5.91 Å². The predicted molar refractivity (Wildman–Crippen MR) is 56.6 cm³/mol. The van der Waals surface area contributed by atoms with Gasteiger partial charge in [0, 0.05) is 25.3 Å². The summed E-state index contributed by atoms with van der Waals surface area (Å²) in [6.07, 6.45) is 5.43. The van der Waals surface area contributed by atoms with Crippen LogP contribution in [0.3, 0.4) is 0 Å². The van der Waals surface area contributed by atoms with Crippen molar-refractivity contribution in [1.29, 1.82) is 0 Å². The van der Waals surface area contributed by atoms with Crippen LogP contribution in [0.4, 0.5) is 0 Å². The number of amides is 1. The maximum atomic E-state index is 12.0. The van der Waals surface area contributed by atoms with Crippen LogP contribution >= 0.6 is 0 Å². The van der Waals surface area contributed by atoms with Gasteiger partial charge >= 0.3 is 0 Å². The lowest BCUT2D eigenvalue weighted by Crippen LogP contribution is -2.46. The Morgan fingerprint density at radius 2 is 2.60 bits per heavy atom. The molecule has 0 aromatic carbocycles. The van der Waals surface area contributed by atoms with Gasteiger partial charge < -0.3 is 10.2 Å². The molecule has 1 atom stereocenters. The van der Waals surface area contributed by atoms with Crippen molar-refractivity contribution in [3.8, 4) is 0 Å². The molecule has 1 aromatic heterocycles. The van der Waals surface area contributed by atoms with Crippen LogP contribution in [0.2, 0.25) is 0 Å². The first-order chi connectivity index (χ1) is 7.31. The van der Waals surface area contributed by atoms with Crippen molar-refractivity contribution in [2.75, 3.05) is 20.1 Å². The third kappa shape index (κ3) is 2.18. The van der Waals surface area contributed by atoms with Crippen molar-refractivity contribution in [3.05, 3.63) is 18.0 Å². The number of carbonyl (C=O) groups is 1. The van der Waals surface area contributed by atoms with Gasteiger partial charge in [0.1, 0.15) is 0 Å². The third-order valence-electron chi connectivity index (χ3n) is 2.86. The first-order valence-corrected chi connectivity index (χ1v) is 5.26. The average Bonchev–Trinajstić information content (AvgIpc) is 2.81. The van der Waals surface area contributed by atoms with Crippen molar-refractivity contribution in [1.82, 2.24) is 20.4 Å². The SMILES string of the molecule is CNC1CCCN(C(=O)c2cn[nH]c2)C1. The van der Waals surface area contributed by atoms with E-state index >= 15 is 0 Å². The Morgan fingerprint density at radius 1 is 1.73 bits per heavy atom. The number of likely N-dealkylation sites (tertiary alicyclic amines) is 1. The maximum absolute atomic E-state index is 12.0. The zero-order valence-corrected chi connectivity index (χ0v) is 8.86. The molecule has 1 fully saturated rings. The third-order valence-corrected chi connectivity index (χ3v) is 2.86. The molecular weight excluding hydrogens is 192 g/mol. The molecule has 1 aliphatic rings. The summed E-state index contributed by atoms with van der Waals surface area (Å²) >= 11 is 0. The Bertz CT molecular complexity index is 322. The van der Waals surface area contributed by atoms with Crippen LogP contribution < -0.4 is 5.32 Å². The van der Waals surface area contributed by atoms with Gasteiger partial charge in [-0.1, -0.05) is 0 Å². The number of carbonyl (C=O) groups excluding carboxylic acids is 1. The van der Waals surface area contributed by atoms with E-state index in [1.807, 2.05) is 11.9 Å². The summed E-state index contributed by atoms with van der Waals surface area (Å²) in [6.45, 7) is 1.64. The molecule has 0 bridgehead atoms. The van der Waals surface area contributed by atoms with Crippen molar-refractivity contribution < 1.29 is 4.79 Å². The first kappa shape index (κ1) is 10.2. The van der Waals surface area contributed by atoms with E-state index in [2.05, 4.69) is 15.5 Å². The minimum atomic E-state index is 0.0729. The quantitative estimate of drug-likeness (QED) is 0.731. The van der Waals surface area contributed by atoms with E-state index < -0.39 is 0 Å². The Balaban J connectivity index is 2.01. The lowest BCUT2D eigenvalue weighted by molar-refractivity contribution is 0.0698. The molecule has 1 saturated heterocycles. The average molecular weight is 208 g/mol. The van der Waals surface area contributed by atoms with Gasteiger partial charge in [0.15, 0.2) is 0 Å². The number of nitrogens with zero attached hydrogens (tertiary/aromatic N) is 2. The fourth-order valence-corrected chi connectivity index (χ4v) is 1.95. The molecule has 2 heterocycles. The lowest BCUT2D eigenvalue weighted by atomic mass is 10.1. The molecule has 15 heavy (non-hydrogen) atoms. The molecular formula is C10H16N4O. The van der Waals surface area contributed by atoms with Crippen LogP contribution in [0.15, 0.2) is 12.4 Å². The van der Waals surface area contributed by atoms with Gasteiger partial charge in [0.05, 0.1) is 11.8 Å². The van der Waals surface area contributed by atoms with Gasteiger partial charge in [-0.15, -0.1) is 0 Å². The molecule has 1 aromatic rings. The fraction of sp³-hybridized carbons (Fsp3) is 0.600. The molecule has 0 aliphatic carbocycles. The molecule has 5 nitrogen and oxygen atoms in total. The van der Waals surface area contributed by atoms with Gasteiger partial charge in [-0.3, -0.25) is 9.89 Å². The molecule has 2 rings (SSSR count). The molecule has 1 amide bonds. The number of aromatic amines is 1. The number of rotatable bonds is 2. The molecule has 0 radical (unpaired) electrons. The summed E-state index contributed by atoms with van der Waals surface area (Å²) in [5.41, 5.74) is 0.645. The summed E-state index contributed by atoms with van der Waals surface area (Å²) in [5.74, 6) is 0.0729. The number of aromatic nitrogens is 2. The van der Waals surface area contributed by atoms with Crippen LogP contribution in [0.25, 0.3) is 0 Å². The van der Waals surface area contributed by atoms with E-state index in [9.17, 15) is 4.79 Å². The highest BCUT2D eigenvalue weighted by Gasteiger charge is 2.23. The molecule has 1 aliphatic heterocycles. The van der Waals surface area contributed by atoms with Crippen LogP contribution in [0.1, 0.15) is 23.2 Å². The van der Waals surface area contributed by atoms with E-state index in [0.29, 0.717) is 11.6 Å². The van der Waals surface area contributed by atoms with Crippen molar-refractivity contribution >= 4 is 5.91 Å². The summed E-state index contributed by atoms with van der Waals surface area (Å²) in [5, 5.41) is 9.67. The Hall–Kier alpha value is -1.36. The summed E-state index contributed by atoms with van der Waals surface area (Å²) in [7, 11) is 1.94. The van der Waals surface area contributed by atoms with Gasteiger partial charge in [-0.05, 0) is 19.9 Å². The number of piperidine rings is 1. The second-order valence-electron chi connectivity index (χ2n) is 3.87. The number of hydrogen-bond acceptors (Lipinski definition) is 3. The highest BCUT2D eigenvalue weighted by atomic mass is 16.2. The molecule has 2 N–H and O–H groups in total. The number of likely N-dealkylation sites (N-methyl/N-ethyl adjacent to an activating group) is 1. The topological polar surface area (TPSA) is 61.0 Å². The van der Waals surface area contributed by atoms with Gasteiger partial charge in [-0.2, -0.15) is 5.10 Å². The second-order valence-corrected chi connectivity index (χ2v) is 3.87. The largest absolute Gasteiger partial charge is 0.337 e.